The highest BCUT2D eigenvalue weighted by Crippen LogP contribution is 2.29. The predicted octanol–water partition coefficient (Wildman–Crippen LogP) is 5.11. The number of nitro benzene ring substituents is 1. The molecular weight excluding hydrogens is 326 g/mol. The summed E-state index contributed by atoms with van der Waals surface area (Å²) in [5.41, 5.74) is 4.64. The van der Waals surface area contributed by atoms with Gasteiger partial charge in [-0.1, -0.05) is 48.5 Å². The first-order chi connectivity index (χ1) is 12.7. The van der Waals surface area contributed by atoms with Gasteiger partial charge in [-0.3, -0.25) is 10.1 Å². The van der Waals surface area contributed by atoms with E-state index < -0.39 is 4.92 Å². The first-order valence-corrected chi connectivity index (χ1v) is 8.18. The average molecular weight is 341 g/mol. The van der Waals surface area contributed by atoms with E-state index in [2.05, 4.69) is 0 Å². The molecule has 3 aromatic carbocycles. The number of nitrogens with zero attached hydrogens (tertiary/aromatic N) is 3. The molecular formula is C21H15N3O2. The average Bonchev–Trinajstić information content (AvgIpc) is 3.15. The van der Waals surface area contributed by atoms with Crippen LogP contribution in [0.5, 0.6) is 0 Å². The fraction of sp³-hybridized carbons (Fsp3) is 0. The van der Waals surface area contributed by atoms with Crippen molar-refractivity contribution in [2.24, 2.45) is 0 Å². The van der Waals surface area contributed by atoms with Gasteiger partial charge in [-0.2, -0.15) is 5.10 Å². The molecule has 0 unspecified atom stereocenters. The summed E-state index contributed by atoms with van der Waals surface area (Å²) in [6, 6.07) is 28.4. The predicted molar refractivity (Wildman–Crippen MR) is 101 cm³/mol. The monoisotopic (exact) mass is 341 g/mol. The second-order valence-electron chi connectivity index (χ2n) is 5.83. The Morgan fingerprint density at radius 3 is 2.00 bits per heavy atom. The van der Waals surface area contributed by atoms with Crippen molar-refractivity contribution >= 4 is 5.69 Å². The van der Waals surface area contributed by atoms with Crippen LogP contribution in [0.2, 0.25) is 0 Å². The van der Waals surface area contributed by atoms with Crippen molar-refractivity contribution in [1.29, 1.82) is 0 Å². The van der Waals surface area contributed by atoms with Crippen LogP contribution in [-0.2, 0) is 0 Å². The summed E-state index contributed by atoms with van der Waals surface area (Å²) >= 11 is 0. The van der Waals surface area contributed by atoms with E-state index in [1.165, 1.54) is 12.1 Å². The summed E-state index contributed by atoms with van der Waals surface area (Å²) in [4.78, 5) is 10.5. The standard InChI is InChI=1S/C21H15N3O2/c25-24(26)19-13-11-16(12-14-19)20-15-21(17-7-3-1-4-8-17)23(22-20)18-9-5-2-6-10-18/h1-15H. The Bertz CT molecular complexity index is 983. The first-order valence-electron chi connectivity index (χ1n) is 8.18. The lowest BCUT2D eigenvalue weighted by Gasteiger charge is -2.07. The third-order valence-electron chi connectivity index (χ3n) is 4.15. The molecule has 0 atom stereocenters. The molecule has 0 radical (unpaired) electrons. The van der Waals surface area contributed by atoms with Gasteiger partial charge in [-0.05, 0) is 30.3 Å². The van der Waals surface area contributed by atoms with Gasteiger partial charge in [0.2, 0.25) is 0 Å². The van der Waals surface area contributed by atoms with Crippen LogP contribution in [0.4, 0.5) is 5.69 Å². The molecule has 5 nitrogen and oxygen atoms in total. The summed E-state index contributed by atoms with van der Waals surface area (Å²) in [5.74, 6) is 0. The number of rotatable bonds is 4. The smallest absolute Gasteiger partial charge is 0.258 e. The van der Waals surface area contributed by atoms with Crippen molar-refractivity contribution in [3.8, 4) is 28.2 Å². The Hall–Kier alpha value is -3.73. The molecule has 0 N–H and O–H groups in total. The fourth-order valence-corrected chi connectivity index (χ4v) is 2.86. The van der Waals surface area contributed by atoms with E-state index in [1.807, 2.05) is 71.4 Å². The second-order valence-corrected chi connectivity index (χ2v) is 5.83. The van der Waals surface area contributed by atoms with Gasteiger partial charge in [0.05, 0.1) is 22.0 Å². The number of aromatic nitrogens is 2. The third-order valence-corrected chi connectivity index (χ3v) is 4.15. The molecule has 4 aromatic rings. The maximum atomic E-state index is 10.9. The molecule has 0 aliphatic heterocycles. The van der Waals surface area contributed by atoms with Crippen LogP contribution in [0.3, 0.4) is 0 Å². The zero-order chi connectivity index (χ0) is 17.9. The minimum Gasteiger partial charge on any atom is -0.258 e. The van der Waals surface area contributed by atoms with E-state index in [-0.39, 0.29) is 5.69 Å². The molecule has 5 heteroatoms. The van der Waals surface area contributed by atoms with E-state index >= 15 is 0 Å². The maximum absolute atomic E-state index is 10.9. The third kappa shape index (κ3) is 2.98. The van der Waals surface area contributed by atoms with Crippen molar-refractivity contribution < 1.29 is 4.92 Å². The fourth-order valence-electron chi connectivity index (χ4n) is 2.86. The van der Waals surface area contributed by atoms with Crippen molar-refractivity contribution in [3.63, 3.8) is 0 Å². The Morgan fingerprint density at radius 2 is 1.38 bits per heavy atom. The lowest BCUT2D eigenvalue weighted by molar-refractivity contribution is -0.384. The molecule has 1 heterocycles. The minimum absolute atomic E-state index is 0.0690. The number of hydrogen-bond donors (Lipinski definition) is 0. The zero-order valence-corrected chi connectivity index (χ0v) is 13.8. The Morgan fingerprint density at radius 1 is 0.769 bits per heavy atom. The van der Waals surface area contributed by atoms with Crippen molar-refractivity contribution in [3.05, 3.63) is 101 Å². The number of para-hydroxylation sites is 1. The highest BCUT2D eigenvalue weighted by molar-refractivity contribution is 5.71. The molecule has 0 saturated heterocycles. The van der Waals surface area contributed by atoms with Crippen LogP contribution < -0.4 is 0 Å². The summed E-state index contributed by atoms with van der Waals surface area (Å²) in [5, 5.41) is 15.6. The van der Waals surface area contributed by atoms with Crippen molar-refractivity contribution in [1.82, 2.24) is 9.78 Å². The lowest BCUT2D eigenvalue weighted by atomic mass is 10.1. The topological polar surface area (TPSA) is 61.0 Å². The molecule has 1 aromatic heterocycles. The van der Waals surface area contributed by atoms with Gasteiger partial charge in [0.25, 0.3) is 5.69 Å². The van der Waals surface area contributed by atoms with E-state index in [0.29, 0.717) is 0 Å². The molecule has 0 bridgehead atoms. The molecule has 26 heavy (non-hydrogen) atoms. The summed E-state index contributed by atoms with van der Waals surface area (Å²) < 4.78 is 1.89. The first kappa shape index (κ1) is 15.8. The Labute approximate surface area is 150 Å². The van der Waals surface area contributed by atoms with E-state index in [9.17, 15) is 10.1 Å². The number of non-ortho nitro benzene ring substituents is 1. The highest BCUT2D eigenvalue weighted by Gasteiger charge is 2.14. The SMILES string of the molecule is O=[N+]([O-])c1ccc(-c2cc(-c3ccccc3)n(-c3ccccc3)n2)cc1. The van der Waals surface area contributed by atoms with Crippen LogP contribution in [-0.4, -0.2) is 14.7 Å². The normalized spacial score (nSPS) is 10.6. The lowest BCUT2D eigenvalue weighted by Crippen LogP contribution is -1.98. The molecule has 4 rings (SSSR count). The molecule has 126 valence electrons. The molecule has 0 aliphatic rings. The Balaban J connectivity index is 1.85. The summed E-state index contributed by atoms with van der Waals surface area (Å²) in [7, 11) is 0. The largest absolute Gasteiger partial charge is 0.269 e. The Kier molecular flexibility index (Phi) is 4.03. The highest BCUT2D eigenvalue weighted by atomic mass is 16.6. The van der Waals surface area contributed by atoms with Gasteiger partial charge < -0.3 is 0 Å². The van der Waals surface area contributed by atoms with Crippen LogP contribution in [0, 0.1) is 10.1 Å². The van der Waals surface area contributed by atoms with Gasteiger partial charge in [-0.25, -0.2) is 4.68 Å². The van der Waals surface area contributed by atoms with E-state index in [1.54, 1.807) is 12.1 Å². The van der Waals surface area contributed by atoms with Crippen LogP contribution in [0.25, 0.3) is 28.2 Å². The molecule has 0 spiro atoms. The van der Waals surface area contributed by atoms with Gasteiger partial charge >= 0.3 is 0 Å². The summed E-state index contributed by atoms with van der Waals surface area (Å²) in [6.45, 7) is 0. The maximum Gasteiger partial charge on any atom is 0.269 e. The number of nitro groups is 1. The van der Waals surface area contributed by atoms with Gasteiger partial charge in [-0.15, -0.1) is 0 Å². The van der Waals surface area contributed by atoms with Crippen LogP contribution >= 0.6 is 0 Å². The van der Waals surface area contributed by atoms with Crippen LogP contribution in [0.15, 0.2) is 91.0 Å². The zero-order valence-electron chi connectivity index (χ0n) is 13.8. The second kappa shape index (κ2) is 6.64. The summed E-state index contributed by atoms with van der Waals surface area (Å²) in [6.07, 6.45) is 0. The van der Waals surface area contributed by atoms with Crippen LogP contribution in [0.1, 0.15) is 0 Å². The number of benzene rings is 3. The van der Waals surface area contributed by atoms with Crippen molar-refractivity contribution in [2.75, 3.05) is 0 Å². The van der Waals surface area contributed by atoms with Gasteiger partial charge in [0, 0.05) is 23.3 Å². The number of hydrogen-bond acceptors (Lipinski definition) is 3. The molecule has 0 saturated carbocycles. The molecule has 0 aliphatic carbocycles. The minimum atomic E-state index is -0.401. The van der Waals surface area contributed by atoms with E-state index in [0.717, 1.165) is 28.2 Å². The molecule has 0 fully saturated rings. The quantitative estimate of drug-likeness (QED) is 0.382. The van der Waals surface area contributed by atoms with Gasteiger partial charge in [0.15, 0.2) is 0 Å². The van der Waals surface area contributed by atoms with E-state index in [4.69, 9.17) is 5.10 Å². The van der Waals surface area contributed by atoms with Gasteiger partial charge in [0.1, 0.15) is 0 Å². The van der Waals surface area contributed by atoms with Crippen molar-refractivity contribution in [2.45, 2.75) is 0 Å². The molecule has 0 amide bonds.